The zero-order valence-electron chi connectivity index (χ0n) is 14.7. The molecule has 1 N–H and O–H groups in total. The fourth-order valence-corrected chi connectivity index (χ4v) is 3.78. The number of fused-ring (bicyclic) bond motifs is 3. The zero-order valence-corrected chi connectivity index (χ0v) is 15.5. The Morgan fingerprint density at radius 2 is 1.58 bits per heavy atom. The van der Waals surface area contributed by atoms with Gasteiger partial charge in [-0.2, -0.15) is 0 Å². The predicted molar refractivity (Wildman–Crippen MR) is 107 cm³/mol. The Labute approximate surface area is 150 Å². The molecule has 0 aliphatic carbocycles. The molecule has 0 saturated carbocycles. The number of aromatic nitrogens is 1. The maximum atomic E-state index is 6.17. The van der Waals surface area contributed by atoms with Crippen LogP contribution in [0, 0.1) is 0 Å². The van der Waals surface area contributed by atoms with Crippen molar-refractivity contribution in [2.45, 2.75) is 64.7 Å². The van der Waals surface area contributed by atoms with E-state index in [0.717, 1.165) is 11.4 Å². The minimum Gasteiger partial charge on any atom is -0.354 e. The molecule has 0 unspecified atom stereocenters. The first-order valence-corrected chi connectivity index (χ1v) is 9.86. The smallest absolute Gasteiger partial charge is 0.0497 e. The molecule has 0 bridgehead atoms. The lowest BCUT2D eigenvalue weighted by molar-refractivity contribution is 0.576. The maximum absolute atomic E-state index is 6.17. The summed E-state index contributed by atoms with van der Waals surface area (Å²) in [5, 5.41) is 3.33. The molecule has 2 heteroatoms. The molecular weight excluding hydrogens is 314 g/mol. The molecule has 0 saturated heterocycles. The van der Waals surface area contributed by atoms with Gasteiger partial charge in [0.2, 0.25) is 0 Å². The number of hydrogen-bond donors (Lipinski definition) is 1. The molecule has 2 aromatic carbocycles. The van der Waals surface area contributed by atoms with Crippen LogP contribution in [0.15, 0.2) is 36.4 Å². The number of para-hydroxylation sites is 1. The van der Waals surface area contributed by atoms with Crippen LogP contribution >= 0.6 is 11.6 Å². The summed E-state index contributed by atoms with van der Waals surface area (Å²) in [5.41, 5.74) is 3.90. The van der Waals surface area contributed by atoms with Crippen LogP contribution in [0.25, 0.3) is 21.8 Å². The number of aromatic amines is 1. The van der Waals surface area contributed by atoms with Crippen molar-refractivity contribution in [1.82, 2.24) is 4.98 Å². The van der Waals surface area contributed by atoms with Crippen molar-refractivity contribution in [3.05, 3.63) is 47.0 Å². The first-order valence-electron chi connectivity index (χ1n) is 9.48. The third-order valence-corrected chi connectivity index (χ3v) is 5.22. The molecule has 1 aromatic heterocycles. The monoisotopic (exact) mass is 341 g/mol. The van der Waals surface area contributed by atoms with Crippen LogP contribution < -0.4 is 0 Å². The van der Waals surface area contributed by atoms with E-state index in [2.05, 4.69) is 42.2 Å². The SMILES string of the molecule is CCCCCCCCCCc1cccc2c1[nH]c1ccc(Cl)cc12. The van der Waals surface area contributed by atoms with Gasteiger partial charge in [-0.1, -0.05) is 81.7 Å². The summed E-state index contributed by atoms with van der Waals surface area (Å²) in [6.45, 7) is 2.28. The van der Waals surface area contributed by atoms with Crippen molar-refractivity contribution < 1.29 is 0 Å². The van der Waals surface area contributed by atoms with Gasteiger partial charge < -0.3 is 4.98 Å². The van der Waals surface area contributed by atoms with E-state index in [-0.39, 0.29) is 0 Å². The number of rotatable bonds is 9. The Morgan fingerprint density at radius 3 is 2.38 bits per heavy atom. The maximum Gasteiger partial charge on any atom is 0.0497 e. The van der Waals surface area contributed by atoms with Gasteiger partial charge in [-0.3, -0.25) is 0 Å². The van der Waals surface area contributed by atoms with Crippen molar-refractivity contribution >= 4 is 33.4 Å². The summed E-state index contributed by atoms with van der Waals surface area (Å²) in [4.78, 5) is 3.59. The van der Waals surface area contributed by atoms with Crippen molar-refractivity contribution in [3.63, 3.8) is 0 Å². The Balaban J connectivity index is 1.60. The summed E-state index contributed by atoms with van der Waals surface area (Å²) < 4.78 is 0. The van der Waals surface area contributed by atoms with Crippen LogP contribution in [-0.2, 0) is 6.42 Å². The minimum atomic E-state index is 0.803. The molecule has 0 fully saturated rings. The van der Waals surface area contributed by atoms with Gasteiger partial charge in [0.15, 0.2) is 0 Å². The summed E-state index contributed by atoms with van der Waals surface area (Å²) in [6.07, 6.45) is 12.1. The number of aryl methyl sites for hydroxylation is 1. The minimum absolute atomic E-state index is 0.803. The Hall–Kier alpha value is -1.47. The molecule has 24 heavy (non-hydrogen) atoms. The summed E-state index contributed by atoms with van der Waals surface area (Å²) in [5.74, 6) is 0. The van der Waals surface area contributed by atoms with Crippen LogP contribution in [0.4, 0.5) is 0 Å². The van der Waals surface area contributed by atoms with E-state index in [9.17, 15) is 0 Å². The highest BCUT2D eigenvalue weighted by Gasteiger charge is 2.08. The highest BCUT2D eigenvalue weighted by atomic mass is 35.5. The standard InChI is InChI=1S/C22H28ClN/c1-2-3-4-5-6-7-8-9-11-17-12-10-13-19-20-16-18(23)14-15-21(20)24-22(17)19/h10,12-16,24H,2-9,11H2,1H3. The molecule has 0 amide bonds. The van der Waals surface area contributed by atoms with Crippen molar-refractivity contribution in [3.8, 4) is 0 Å². The molecule has 128 valence electrons. The molecular formula is C22H28ClN. The van der Waals surface area contributed by atoms with Gasteiger partial charge in [0.1, 0.15) is 0 Å². The van der Waals surface area contributed by atoms with Crippen LogP contribution in [0.2, 0.25) is 5.02 Å². The second-order valence-corrected chi connectivity index (χ2v) is 7.32. The number of unbranched alkanes of at least 4 members (excludes halogenated alkanes) is 7. The quantitative estimate of drug-likeness (QED) is 0.384. The van der Waals surface area contributed by atoms with Gasteiger partial charge >= 0.3 is 0 Å². The second-order valence-electron chi connectivity index (χ2n) is 6.88. The highest BCUT2D eigenvalue weighted by molar-refractivity contribution is 6.31. The number of halogens is 1. The molecule has 3 rings (SSSR count). The normalized spacial score (nSPS) is 11.6. The third-order valence-electron chi connectivity index (χ3n) is 4.98. The van der Waals surface area contributed by atoms with Gasteiger partial charge in [-0.05, 0) is 36.6 Å². The van der Waals surface area contributed by atoms with E-state index in [1.165, 1.54) is 78.7 Å². The van der Waals surface area contributed by atoms with Crippen molar-refractivity contribution in [2.24, 2.45) is 0 Å². The second kappa shape index (κ2) is 8.58. The number of H-pyrrole nitrogens is 1. The van der Waals surface area contributed by atoms with Crippen LogP contribution in [0.3, 0.4) is 0 Å². The molecule has 0 radical (unpaired) electrons. The largest absolute Gasteiger partial charge is 0.354 e. The van der Waals surface area contributed by atoms with Gasteiger partial charge in [0.25, 0.3) is 0 Å². The number of benzene rings is 2. The first-order chi connectivity index (χ1) is 11.8. The topological polar surface area (TPSA) is 15.8 Å². The molecule has 0 spiro atoms. The lowest BCUT2D eigenvalue weighted by atomic mass is 10.0. The fraction of sp³-hybridized carbons (Fsp3) is 0.455. The van der Waals surface area contributed by atoms with E-state index < -0.39 is 0 Å². The van der Waals surface area contributed by atoms with Crippen molar-refractivity contribution in [1.29, 1.82) is 0 Å². The van der Waals surface area contributed by atoms with Gasteiger partial charge in [-0.15, -0.1) is 0 Å². The van der Waals surface area contributed by atoms with Crippen molar-refractivity contribution in [2.75, 3.05) is 0 Å². The molecule has 0 atom stereocenters. The first kappa shape index (κ1) is 17.4. The summed E-state index contributed by atoms with van der Waals surface area (Å²) in [7, 11) is 0. The predicted octanol–water partition coefficient (Wildman–Crippen LogP) is 7.66. The van der Waals surface area contributed by atoms with E-state index in [1.807, 2.05) is 6.07 Å². The van der Waals surface area contributed by atoms with Crippen LogP contribution in [-0.4, -0.2) is 4.98 Å². The average molecular weight is 342 g/mol. The highest BCUT2D eigenvalue weighted by Crippen LogP contribution is 2.30. The van der Waals surface area contributed by atoms with E-state index in [1.54, 1.807) is 0 Å². The molecule has 3 aromatic rings. The third kappa shape index (κ3) is 4.13. The molecule has 1 heterocycles. The Kier molecular flexibility index (Phi) is 6.20. The summed E-state index contributed by atoms with van der Waals surface area (Å²) in [6, 6.07) is 12.7. The molecule has 0 aliphatic heterocycles. The fourth-order valence-electron chi connectivity index (χ4n) is 3.61. The van der Waals surface area contributed by atoms with Gasteiger partial charge in [0, 0.05) is 26.8 Å². The zero-order chi connectivity index (χ0) is 16.8. The number of nitrogens with one attached hydrogen (secondary N) is 1. The lowest BCUT2D eigenvalue weighted by Crippen LogP contribution is -1.88. The number of hydrogen-bond acceptors (Lipinski definition) is 0. The van der Waals surface area contributed by atoms with E-state index in [0.29, 0.717) is 0 Å². The van der Waals surface area contributed by atoms with Gasteiger partial charge in [-0.25, -0.2) is 0 Å². The molecule has 1 nitrogen and oxygen atoms in total. The van der Waals surface area contributed by atoms with E-state index >= 15 is 0 Å². The Bertz CT molecular complexity index is 787. The lowest BCUT2D eigenvalue weighted by Gasteiger charge is -2.04. The Morgan fingerprint density at radius 1 is 0.833 bits per heavy atom. The summed E-state index contributed by atoms with van der Waals surface area (Å²) >= 11 is 6.17. The van der Waals surface area contributed by atoms with Crippen LogP contribution in [0.5, 0.6) is 0 Å². The van der Waals surface area contributed by atoms with Crippen LogP contribution in [0.1, 0.15) is 63.9 Å². The van der Waals surface area contributed by atoms with Gasteiger partial charge in [0.05, 0.1) is 0 Å². The average Bonchev–Trinajstić information content (AvgIpc) is 2.96. The molecule has 0 aliphatic rings. The van der Waals surface area contributed by atoms with E-state index in [4.69, 9.17) is 11.6 Å².